The summed E-state index contributed by atoms with van der Waals surface area (Å²) in [6.45, 7) is 3.61. The molecule has 0 heterocycles. The molecule has 4 amide bonds. The molecule has 35 heavy (non-hydrogen) atoms. The van der Waals surface area contributed by atoms with E-state index in [1.165, 1.54) is 11.8 Å². The number of hydrogen-bond donors (Lipinski definition) is 7. The van der Waals surface area contributed by atoms with Gasteiger partial charge in [-0.15, -0.1) is 0 Å². The number of rotatable bonds is 18. The highest BCUT2D eigenvalue weighted by atomic mass is 32.2. The molecule has 9 N–H and O–H groups in total. The number of carbonyl (C=O) groups is 6. The molecule has 0 radical (unpaired) electrons. The molecule has 0 saturated carbocycles. The third kappa shape index (κ3) is 14.2. The lowest BCUT2D eigenvalue weighted by Crippen LogP contribution is -2.57. The summed E-state index contributed by atoms with van der Waals surface area (Å²) < 4.78 is 0. The van der Waals surface area contributed by atoms with Gasteiger partial charge in [0.1, 0.15) is 18.1 Å². The molecule has 200 valence electrons. The summed E-state index contributed by atoms with van der Waals surface area (Å²) >= 11 is 1.40. The molecule has 0 bridgehead atoms. The molecule has 0 rings (SSSR count). The van der Waals surface area contributed by atoms with Gasteiger partial charge in [0.25, 0.3) is 0 Å². The Morgan fingerprint density at radius 3 is 1.83 bits per heavy atom. The summed E-state index contributed by atoms with van der Waals surface area (Å²) in [6, 6.07) is -4.73. The van der Waals surface area contributed by atoms with Crippen LogP contribution in [0.25, 0.3) is 0 Å². The Morgan fingerprint density at radius 2 is 1.34 bits per heavy atom. The Kier molecular flexibility index (Phi) is 15.3. The van der Waals surface area contributed by atoms with Gasteiger partial charge in [-0.2, -0.15) is 11.8 Å². The van der Waals surface area contributed by atoms with Crippen molar-refractivity contribution >= 4 is 47.3 Å². The van der Waals surface area contributed by atoms with Gasteiger partial charge < -0.3 is 37.6 Å². The number of thioether (sulfide) groups is 1. The standard InChI is InChI=1S/C21H37N5O8S/c1-11(2)10-15(26-18(30)12(22)4-7-17(28)29)20(32)24-13(5-6-16(23)27)19(31)25-14(21(33)34)8-9-35-3/h11-15H,4-10,22H2,1-3H3,(H2,23,27)(H,24,32)(H,25,31)(H,26,30)(H,28,29)(H,33,34). The molecular weight excluding hydrogens is 482 g/mol. The van der Waals surface area contributed by atoms with Crippen molar-refractivity contribution in [3.05, 3.63) is 0 Å². The number of nitrogens with one attached hydrogen (secondary N) is 3. The molecule has 13 nitrogen and oxygen atoms in total. The molecule has 14 heteroatoms. The number of aliphatic carboxylic acids is 2. The van der Waals surface area contributed by atoms with Gasteiger partial charge in [0.15, 0.2) is 0 Å². The predicted molar refractivity (Wildman–Crippen MR) is 129 cm³/mol. The summed E-state index contributed by atoms with van der Waals surface area (Å²) in [5.41, 5.74) is 10.9. The molecule has 0 aliphatic carbocycles. The smallest absolute Gasteiger partial charge is 0.326 e. The van der Waals surface area contributed by atoms with Crippen molar-refractivity contribution in [3.8, 4) is 0 Å². The van der Waals surface area contributed by atoms with Gasteiger partial charge in [-0.25, -0.2) is 4.79 Å². The topological polar surface area (TPSA) is 231 Å². The molecule has 0 fully saturated rings. The van der Waals surface area contributed by atoms with Gasteiger partial charge in [-0.1, -0.05) is 13.8 Å². The van der Waals surface area contributed by atoms with E-state index in [0.717, 1.165) is 0 Å². The van der Waals surface area contributed by atoms with Gasteiger partial charge in [-0.05, 0) is 43.6 Å². The highest BCUT2D eigenvalue weighted by molar-refractivity contribution is 7.98. The zero-order valence-electron chi connectivity index (χ0n) is 20.2. The van der Waals surface area contributed by atoms with E-state index in [9.17, 15) is 33.9 Å². The van der Waals surface area contributed by atoms with Crippen molar-refractivity contribution in [2.24, 2.45) is 17.4 Å². The number of amides is 4. The lowest BCUT2D eigenvalue weighted by molar-refractivity contribution is -0.142. The van der Waals surface area contributed by atoms with Crippen LogP contribution in [0.3, 0.4) is 0 Å². The summed E-state index contributed by atoms with van der Waals surface area (Å²) in [4.78, 5) is 71.6. The monoisotopic (exact) mass is 519 g/mol. The van der Waals surface area contributed by atoms with Gasteiger partial charge in [-0.3, -0.25) is 24.0 Å². The van der Waals surface area contributed by atoms with E-state index in [1.54, 1.807) is 20.1 Å². The van der Waals surface area contributed by atoms with Crippen LogP contribution >= 0.6 is 11.8 Å². The van der Waals surface area contributed by atoms with Crippen LogP contribution in [0, 0.1) is 5.92 Å². The van der Waals surface area contributed by atoms with Gasteiger partial charge in [0.2, 0.25) is 23.6 Å². The van der Waals surface area contributed by atoms with Crippen LogP contribution < -0.4 is 27.4 Å². The summed E-state index contributed by atoms with van der Waals surface area (Å²) in [6.07, 6.45) is 1.23. The van der Waals surface area contributed by atoms with Crippen LogP contribution in [0.2, 0.25) is 0 Å². The quantitative estimate of drug-likeness (QED) is 0.114. The third-order valence-electron chi connectivity index (χ3n) is 4.88. The first kappa shape index (κ1) is 32.1. The average molecular weight is 520 g/mol. The summed E-state index contributed by atoms with van der Waals surface area (Å²) in [5.74, 6) is -4.93. The van der Waals surface area contributed by atoms with Crippen molar-refractivity contribution in [1.82, 2.24) is 16.0 Å². The van der Waals surface area contributed by atoms with Crippen LogP contribution in [0.1, 0.15) is 52.4 Å². The molecular formula is C21H37N5O8S. The second-order valence-electron chi connectivity index (χ2n) is 8.48. The molecule has 0 saturated heterocycles. The van der Waals surface area contributed by atoms with Gasteiger partial charge in [0, 0.05) is 12.8 Å². The average Bonchev–Trinajstić information content (AvgIpc) is 2.75. The van der Waals surface area contributed by atoms with E-state index in [4.69, 9.17) is 16.6 Å². The van der Waals surface area contributed by atoms with Crippen molar-refractivity contribution in [2.45, 2.75) is 76.5 Å². The highest BCUT2D eigenvalue weighted by Crippen LogP contribution is 2.09. The summed E-state index contributed by atoms with van der Waals surface area (Å²) in [7, 11) is 0. The maximum Gasteiger partial charge on any atom is 0.326 e. The first-order valence-corrected chi connectivity index (χ1v) is 12.6. The van der Waals surface area contributed by atoms with Crippen LogP contribution in [0.15, 0.2) is 0 Å². The molecule has 0 aliphatic heterocycles. The molecule has 0 aromatic heterocycles. The zero-order valence-corrected chi connectivity index (χ0v) is 21.1. The number of carboxylic acids is 2. The van der Waals surface area contributed by atoms with Crippen LogP contribution in [-0.2, 0) is 28.8 Å². The minimum Gasteiger partial charge on any atom is -0.481 e. The van der Waals surface area contributed by atoms with Gasteiger partial charge in [0.05, 0.1) is 6.04 Å². The Bertz CT molecular complexity index is 764. The Balaban J connectivity index is 5.52. The molecule has 4 atom stereocenters. The number of carbonyl (C=O) groups excluding carboxylic acids is 4. The minimum atomic E-state index is -1.28. The van der Waals surface area contributed by atoms with Crippen molar-refractivity contribution < 1.29 is 39.0 Å². The Labute approximate surface area is 208 Å². The lowest BCUT2D eigenvalue weighted by atomic mass is 10.0. The maximum absolute atomic E-state index is 13.0. The minimum absolute atomic E-state index is 0.0536. The molecule has 0 aromatic carbocycles. The maximum atomic E-state index is 13.0. The Morgan fingerprint density at radius 1 is 0.800 bits per heavy atom. The molecule has 0 aliphatic rings. The largest absolute Gasteiger partial charge is 0.481 e. The fourth-order valence-electron chi connectivity index (χ4n) is 2.98. The second-order valence-corrected chi connectivity index (χ2v) is 9.46. The van der Waals surface area contributed by atoms with Crippen molar-refractivity contribution in [2.75, 3.05) is 12.0 Å². The number of hydrogen-bond acceptors (Lipinski definition) is 8. The summed E-state index contributed by atoms with van der Waals surface area (Å²) in [5, 5.41) is 25.4. The number of nitrogens with two attached hydrogens (primary N) is 2. The first-order chi connectivity index (χ1) is 16.3. The van der Waals surface area contributed by atoms with Crippen molar-refractivity contribution in [3.63, 3.8) is 0 Å². The fourth-order valence-corrected chi connectivity index (χ4v) is 3.46. The third-order valence-corrected chi connectivity index (χ3v) is 5.53. The predicted octanol–water partition coefficient (Wildman–Crippen LogP) is -1.22. The number of primary amides is 1. The van der Waals surface area contributed by atoms with E-state index in [-0.39, 0.29) is 44.4 Å². The molecule has 0 aromatic rings. The van der Waals surface area contributed by atoms with E-state index in [2.05, 4.69) is 16.0 Å². The van der Waals surface area contributed by atoms with E-state index >= 15 is 0 Å². The van der Waals surface area contributed by atoms with E-state index < -0.39 is 59.7 Å². The lowest BCUT2D eigenvalue weighted by Gasteiger charge is -2.26. The van der Waals surface area contributed by atoms with E-state index in [1.807, 2.05) is 0 Å². The molecule has 0 spiro atoms. The van der Waals surface area contributed by atoms with Crippen LogP contribution in [-0.4, -0.2) is 82.0 Å². The van der Waals surface area contributed by atoms with Gasteiger partial charge >= 0.3 is 11.9 Å². The highest BCUT2D eigenvalue weighted by Gasteiger charge is 2.30. The van der Waals surface area contributed by atoms with Crippen LogP contribution in [0.5, 0.6) is 0 Å². The van der Waals surface area contributed by atoms with Crippen molar-refractivity contribution in [1.29, 1.82) is 0 Å². The SMILES string of the molecule is CSCCC(NC(=O)C(CCC(N)=O)NC(=O)C(CC(C)C)NC(=O)C(N)CCC(=O)O)C(=O)O. The fraction of sp³-hybridized carbons (Fsp3) is 0.714. The van der Waals surface area contributed by atoms with Crippen LogP contribution in [0.4, 0.5) is 0 Å². The number of carboxylic acid groups (broad SMARTS) is 2. The zero-order chi connectivity index (χ0) is 27.1. The Hall–Kier alpha value is -2.87. The molecule has 4 unspecified atom stereocenters. The second kappa shape index (κ2) is 16.7. The van der Waals surface area contributed by atoms with E-state index in [0.29, 0.717) is 5.75 Å². The normalized spacial score (nSPS) is 14.3. The first-order valence-electron chi connectivity index (χ1n) is 11.2.